The molecule has 1 atom stereocenters. The fourth-order valence-electron chi connectivity index (χ4n) is 1.20. The molecule has 2 heterocycles. The molecule has 1 N–H and O–H groups in total. The van der Waals surface area contributed by atoms with Crippen molar-refractivity contribution in [2.45, 2.75) is 19.4 Å². The van der Waals surface area contributed by atoms with Crippen LogP contribution in [0.15, 0.2) is 0 Å². The first-order valence-electron chi connectivity index (χ1n) is 4.02. The van der Waals surface area contributed by atoms with Gasteiger partial charge in [-0.05, 0) is 19.9 Å². The van der Waals surface area contributed by atoms with E-state index in [4.69, 9.17) is 4.74 Å². The first-order valence-corrected chi connectivity index (χ1v) is 4.84. The molecule has 1 aromatic rings. The van der Waals surface area contributed by atoms with Gasteiger partial charge in [-0.3, -0.25) is 0 Å². The van der Waals surface area contributed by atoms with Gasteiger partial charge in [-0.15, -0.1) is 10.2 Å². The van der Waals surface area contributed by atoms with Crippen LogP contribution in [-0.4, -0.2) is 29.4 Å². The van der Waals surface area contributed by atoms with Gasteiger partial charge in [0.1, 0.15) is 11.1 Å². The third-order valence-electron chi connectivity index (χ3n) is 1.79. The standard InChI is InChI=1S/C7H11N3OS/c1-5-9-10-7(12-5)11-6-2-3-8-4-6/h6,8H,2-4H2,1H3. The van der Waals surface area contributed by atoms with Crippen molar-refractivity contribution in [1.82, 2.24) is 15.5 Å². The maximum absolute atomic E-state index is 5.58. The number of rotatable bonds is 2. The monoisotopic (exact) mass is 185 g/mol. The normalized spacial score (nSPS) is 22.9. The lowest BCUT2D eigenvalue weighted by molar-refractivity contribution is 0.220. The minimum Gasteiger partial charge on any atom is -0.464 e. The summed E-state index contributed by atoms with van der Waals surface area (Å²) in [6, 6.07) is 0. The second-order valence-electron chi connectivity index (χ2n) is 2.82. The van der Waals surface area contributed by atoms with Gasteiger partial charge in [-0.1, -0.05) is 11.3 Å². The van der Waals surface area contributed by atoms with E-state index in [9.17, 15) is 0 Å². The van der Waals surface area contributed by atoms with Gasteiger partial charge in [-0.2, -0.15) is 0 Å². The number of aromatic nitrogens is 2. The molecule has 1 aromatic heterocycles. The molecule has 0 bridgehead atoms. The topological polar surface area (TPSA) is 47.0 Å². The molecule has 0 spiro atoms. The predicted octanol–water partition coefficient (Wildman–Crippen LogP) is 0.587. The first kappa shape index (κ1) is 7.94. The Morgan fingerprint density at radius 3 is 3.08 bits per heavy atom. The molecule has 0 aliphatic carbocycles. The van der Waals surface area contributed by atoms with Crippen molar-refractivity contribution in [3.05, 3.63) is 5.01 Å². The number of nitrogens with one attached hydrogen (secondary N) is 1. The van der Waals surface area contributed by atoms with E-state index in [0.717, 1.165) is 24.5 Å². The Labute approximate surface area is 75.0 Å². The molecular formula is C7H11N3OS. The molecule has 2 rings (SSSR count). The summed E-state index contributed by atoms with van der Waals surface area (Å²) in [7, 11) is 0. The molecule has 1 saturated heterocycles. The van der Waals surface area contributed by atoms with E-state index in [0.29, 0.717) is 5.19 Å². The highest BCUT2D eigenvalue weighted by atomic mass is 32.1. The largest absolute Gasteiger partial charge is 0.464 e. The summed E-state index contributed by atoms with van der Waals surface area (Å²) in [4.78, 5) is 0. The van der Waals surface area contributed by atoms with Gasteiger partial charge in [0.15, 0.2) is 0 Å². The number of ether oxygens (including phenoxy) is 1. The zero-order valence-electron chi connectivity index (χ0n) is 6.91. The van der Waals surface area contributed by atoms with Crippen LogP contribution in [0.3, 0.4) is 0 Å². The summed E-state index contributed by atoms with van der Waals surface area (Å²) in [5.41, 5.74) is 0. The summed E-state index contributed by atoms with van der Waals surface area (Å²) >= 11 is 1.50. The minimum absolute atomic E-state index is 0.289. The fourth-order valence-corrected chi connectivity index (χ4v) is 1.80. The van der Waals surface area contributed by atoms with Crippen LogP contribution in [-0.2, 0) is 0 Å². The van der Waals surface area contributed by atoms with Gasteiger partial charge in [0.05, 0.1) is 0 Å². The van der Waals surface area contributed by atoms with E-state index in [2.05, 4.69) is 15.5 Å². The van der Waals surface area contributed by atoms with Crippen LogP contribution in [0.4, 0.5) is 0 Å². The lowest BCUT2D eigenvalue weighted by atomic mass is 10.3. The summed E-state index contributed by atoms with van der Waals surface area (Å²) in [5, 5.41) is 12.7. The molecule has 12 heavy (non-hydrogen) atoms. The van der Waals surface area contributed by atoms with Gasteiger partial charge in [0.25, 0.3) is 5.19 Å². The van der Waals surface area contributed by atoms with E-state index >= 15 is 0 Å². The van der Waals surface area contributed by atoms with Crippen LogP contribution in [0.5, 0.6) is 5.19 Å². The number of hydrogen-bond acceptors (Lipinski definition) is 5. The molecule has 1 aliphatic heterocycles. The molecule has 1 fully saturated rings. The van der Waals surface area contributed by atoms with Crippen molar-refractivity contribution in [2.24, 2.45) is 0 Å². The maximum atomic E-state index is 5.58. The zero-order chi connectivity index (χ0) is 8.39. The van der Waals surface area contributed by atoms with Crippen molar-refractivity contribution in [3.63, 3.8) is 0 Å². The van der Waals surface area contributed by atoms with Crippen LogP contribution in [0, 0.1) is 6.92 Å². The quantitative estimate of drug-likeness (QED) is 0.732. The Bertz CT molecular complexity index is 257. The second kappa shape index (κ2) is 3.37. The highest BCUT2D eigenvalue weighted by Crippen LogP contribution is 2.19. The second-order valence-corrected chi connectivity index (χ2v) is 3.96. The summed E-state index contributed by atoms with van der Waals surface area (Å²) in [6.07, 6.45) is 1.36. The molecular weight excluding hydrogens is 174 g/mol. The zero-order valence-corrected chi connectivity index (χ0v) is 7.73. The van der Waals surface area contributed by atoms with Crippen molar-refractivity contribution < 1.29 is 4.74 Å². The molecule has 1 aliphatic rings. The van der Waals surface area contributed by atoms with Crippen LogP contribution < -0.4 is 10.1 Å². The number of hydrogen-bond donors (Lipinski definition) is 1. The predicted molar refractivity (Wildman–Crippen MR) is 46.5 cm³/mol. The SMILES string of the molecule is Cc1nnc(OC2CCNC2)s1. The van der Waals surface area contributed by atoms with E-state index in [-0.39, 0.29) is 6.10 Å². The van der Waals surface area contributed by atoms with Crippen LogP contribution in [0.25, 0.3) is 0 Å². The van der Waals surface area contributed by atoms with Gasteiger partial charge in [0.2, 0.25) is 0 Å². The molecule has 0 radical (unpaired) electrons. The summed E-state index contributed by atoms with van der Waals surface area (Å²) in [6.45, 7) is 3.90. The number of nitrogens with zero attached hydrogens (tertiary/aromatic N) is 2. The highest BCUT2D eigenvalue weighted by molar-refractivity contribution is 7.12. The average molecular weight is 185 g/mol. The highest BCUT2D eigenvalue weighted by Gasteiger charge is 2.17. The molecule has 0 saturated carbocycles. The summed E-state index contributed by atoms with van der Waals surface area (Å²) in [5.74, 6) is 0. The van der Waals surface area contributed by atoms with Crippen LogP contribution in [0.1, 0.15) is 11.4 Å². The molecule has 0 aromatic carbocycles. The molecule has 1 unspecified atom stereocenters. The van der Waals surface area contributed by atoms with E-state index in [1.807, 2.05) is 6.92 Å². The first-order chi connectivity index (χ1) is 5.84. The summed E-state index contributed by atoms with van der Waals surface area (Å²) < 4.78 is 5.58. The Balaban J connectivity index is 1.94. The van der Waals surface area contributed by atoms with Gasteiger partial charge >= 0.3 is 0 Å². The third-order valence-corrected chi connectivity index (χ3v) is 2.52. The Hall–Kier alpha value is -0.680. The van der Waals surface area contributed by atoms with Crippen molar-refractivity contribution in [2.75, 3.05) is 13.1 Å². The Morgan fingerprint density at radius 2 is 2.50 bits per heavy atom. The van der Waals surface area contributed by atoms with Gasteiger partial charge in [0, 0.05) is 6.54 Å². The molecule has 4 nitrogen and oxygen atoms in total. The lowest BCUT2D eigenvalue weighted by Gasteiger charge is -2.07. The van der Waals surface area contributed by atoms with Crippen LogP contribution >= 0.6 is 11.3 Å². The Morgan fingerprint density at radius 1 is 1.58 bits per heavy atom. The third kappa shape index (κ3) is 1.73. The van der Waals surface area contributed by atoms with E-state index in [1.54, 1.807) is 0 Å². The molecule has 5 heteroatoms. The Kier molecular flexibility index (Phi) is 2.23. The number of aryl methyl sites for hydroxylation is 1. The average Bonchev–Trinajstić information content (AvgIpc) is 2.63. The van der Waals surface area contributed by atoms with Gasteiger partial charge in [-0.25, -0.2) is 0 Å². The fraction of sp³-hybridized carbons (Fsp3) is 0.714. The van der Waals surface area contributed by atoms with Crippen molar-refractivity contribution in [3.8, 4) is 5.19 Å². The smallest absolute Gasteiger partial charge is 0.294 e. The molecule has 66 valence electrons. The maximum Gasteiger partial charge on any atom is 0.294 e. The van der Waals surface area contributed by atoms with Crippen LogP contribution in [0.2, 0.25) is 0 Å². The molecule has 0 amide bonds. The van der Waals surface area contributed by atoms with Gasteiger partial charge < -0.3 is 10.1 Å². The van der Waals surface area contributed by atoms with Crippen molar-refractivity contribution in [1.29, 1.82) is 0 Å². The van der Waals surface area contributed by atoms with E-state index < -0.39 is 0 Å². The van der Waals surface area contributed by atoms with Crippen molar-refractivity contribution >= 4 is 11.3 Å². The van der Waals surface area contributed by atoms with E-state index in [1.165, 1.54) is 11.3 Å². The minimum atomic E-state index is 0.289. The lowest BCUT2D eigenvalue weighted by Crippen LogP contribution is -2.19.